The number of aliphatic hydroxyl groups is 3. The van der Waals surface area contributed by atoms with Gasteiger partial charge in [-0.3, -0.25) is 14.4 Å². The number of amides is 2. The van der Waals surface area contributed by atoms with Crippen molar-refractivity contribution in [2.45, 2.75) is 123 Å². The van der Waals surface area contributed by atoms with Gasteiger partial charge in [0.2, 0.25) is 5.91 Å². The molecule has 1 aliphatic rings. The molecular formula is C26H49N3O8. The van der Waals surface area contributed by atoms with Crippen molar-refractivity contribution in [1.82, 2.24) is 16.0 Å². The summed E-state index contributed by atoms with van der Waals surface area (Å²) >= 11 is 0. The standard InChI is InChI=1S/C26H49N3O8/c1-14(2)16(29-26(6,7)8)22(34)28-15(21(33)25(3,4)5)12-10-11-13-27-23(35)20-18(31)17(30)19(32)24(36-9)37-20/h14-20,24,29-32H,10-13H2,1-9H3,(H,27,35)(H,28,34)/t15-,16-,17-,18-,19+,20-,24+/m0/s1. The Morgan fingerprint density at radius 2 is 1.54 bits per heavy atom. The number of carbonyl (C=O) groups is 3. The van der Waals surface area contributed by atoms with Gasteiger partial charge in [-0.1, -0.05) is 34.6 Å². The number of rotatable bonds is 12. The monoisotopic (exact) mass is 531 g/mol. The summed E-state index contributed by atoms with van der Waals surface area (Å²) in [5.74, 6) is -0.920. The number of ketones is 1. The van der Waals surface area contributed by atoms with Crippen LogP contribution in [-0.4, -0.2) is 94.9 Å². The molecule has 2 amide bonds. The van der Waals surface area contributed by atoms with Crippen LogP contribution in [0.5, 0.6) is 0 Å². The van der Waals surface area contributed by atoms with E-state index in [9.17, 15) is 29.7 Å². The normalized spacial score (nSPS) is 26.5. The van der Waals surface area contributed by atoms with Crippen molar-refractivity contribution in [1.29, 1.82) is 0 Å². The van der Waals surface area contributed by atoms with Crippen LogP contribution in [0.2, 0.25) is 0 Å². The van der Waals surface area contributed by atoms with Crippen molar-refractivity contribution in [3.05, 3.63) is 0 Å². The molecule has 0 aliphatic carbocycles. The third kappa shape index (κ3) is 10.2. The Morgan fingerprint density at radius 3 is 2.03 bits per heavy atom. The summed E-state index contributed by atoms with van der Waals surface area (Å²) in [6, 6.07) is -1.13. The number of hydrogen-bond acceptors (Lipinski definition) is 9. The molecule has 0 spiro atoms. The quantitative estimate of drug-likeness (QED) is 0.193. The molecule has 7 atom stereocenters. The molecule has 0 aromatic carbocycles. The van der Waals surface area contributed by atoms with Gasteiger partial charge in [0.25, 0.3) is 5.91 Å². The fourth-order valence-corrected chi connectivity index (χ4v) is 4.10. The topological polar surface area (TPSA) is 166 Å². The summed E-state index contributed by atoms with van der Waals surface area (Å²) in [5, 5.41) is 38.8. The van der Waals surface area contributed by atoms with Gasteiger partial charge in [-0.25, -0.2) is 0 Å². The van der Waals surface area contributed by atoms with Crippen molar-refractivity contribution >= 4 is 17.6 Å². The van der Waals surface area contributed by atoms with E-state index in [4.69, 9.17) is 9.47 Å². The van der Waals surface area contributed by atoms with Crippen LogP contribution in [0.1, 0.15) is 74.7 Å². The van der Waals surface area contributed by atoms with Gasteiger partial charge in [-0.05, 0) is 46.0 Å². The van der Waals surface area contributed by atoms with Gasteiger partial charge in [0, 0.05) is 24.6 Å². The molecule has 0 aromatic heterocycles. The predicted octanol–water partition coefficient (Wildman–Crippen LogP) is 0.240. The number of methoxy groups -OCH3 is 1. The fourth-order valence-electron chi connectivity index (χ4n) is 4.10. The van der Waals surface area contributed by atoms with Crippen LogP contribution in [0.15, 0.2) is 0 Å². The molecule has 216 valence electrons. The average molecular weight is 532 g/mol. The zero-order valence-corrected chi connectivity index (χ0v) is 23.8. The lowest BCUT2D eigenvalue weighted by molar-refractivity contribution is -0.283. The first kappa shape index (κ1) is 33.4. The Labute approximate surface area is 221 Å². The Balaban J connectivity index is 2.72. The fraction of sp³-hybridized carbons (Fsp3) is 0.885. The van der Waals surface area contributed by atoms with Gasteiger partial charge in [0.15, 0.2) is 18.2 Å². The van der Waals surface area contributed by atoms with E-state index in [0.717, 1.165) is 0 Å². The molecule has 1 fully saturated rings. The number of nitrogens with one attached hydrogen (secondary N) is 3. The number of hydrogen-bond donors (Lipinski definition) is 6. The Hall–Kier alpha value is -1.63. The van der Waals surface area contributed by atoms with Gasteiger partial charge < -0.3 is 40.7 Å². The molecule has 11 heteroatoms. The lowest BCUT2D eigenvalue weighted by Gasteiger charge is -2.38. The van der Waals surface area contributed by atoms with Crippen LogP contribution in [0.4, 0.5) is 0 Å². The molecule has 1 aliphatic heterocycles. The molecular weight excluding hydrogens is 482 g/mol. The van der Waals surface area contributed by atoms with Crippen LogP contribution < -0.4 is 16.0 Å². The molecule has 0 saturated carbocycles. The highest BCUT2D eigenvalue weighted by molar-refractivity contribution is 5.93. The summed E-state index contributed by atoms with van der Waals surface area (Å²) in [5.41, 5.74) is -0.921. The van der Waals surface area contributed by atoms with Crippen LogP contribution in [0, 0.1) is 11.3 Å². The Kier molecular flexibility index (Phi) is 12.6. The highest BCUT2D eigenvalue weighted by atomic mass is 16.7. The second-order valence-electron chi connectivity index (χ2n) is 12.2. The van der Waals surface area contributed by atoms with E-state index in [1.165, 1.54) is 7.11 Å². The van der Waals surface area contributed by atoms with Crippen LogP contribution in [0.3, 0.4) is 0 Å². The van der Waals surface area contributed by atoms with Gasteiger partial charge in [-0.15, -0.1) is 0 Å². The van der Waals surface area contributed by atoms with Gasteiger partial charge >= 0.3 is 0 Å². The number of unbranched alkanes of at least 4 members (excludes halogenated alkanes) is 1. The third-order valence-corrected chi connectivity index (χ3v) is 6.19. The summed E-state index contributed by atoms with van der Waals surface area (Å²) < 4.78 is 10.2. The smallest absolute Gasteiger partial charge is 0.252 e. The van der Waals surface area contributed by atoms with E-state index in [-0.39, 0.29) is 29.7 Å². The second-order valence-corrected chi connectivity index (χ2v) is 12.2. The largest absolute Gasteiger partial charge is 0.387 e. The number of ether oxygens (including phenoxy) is 2. The lowest BCUT2D eigenvalue weighted by Crippen LogP contribution is -2.61. The predicted molar refractivity (Wildman–Crippen MR) is 138 cm³/mol. The Morgan fingerprint density at radius 1 is 0.946 bits per heavy atom. The minimum absolute atomic E-state index is 0.0227. The molecule has 0 radical (unpaired) electrons. The maximum absolute atomic E-state index is 13.1. The van der Waals surface area contributed by atoms with E-state index >= 15 is 0 Å². The number of aliphatic hydroxyl groups excluding tert-OH is 3. The maximum Gasteiger partial charge on any atom is 0.252 e. The van der Waals surface area contributed by atoms with E-state index in [1.54, 1.807) is 0 Å². The summed E-state index contributed by atoms with van der Waals surface area (Å²) in [6.45, 7) is 15.5. The van der Waals surface area contributed by atoms with Gasteiger partial charge in [0.05, 0.1) is 12.1 Å². The van der Waals surface area contributed by atoms with Crippen molar-refractivity contribution in [2.75, 3.05) is 13.7 Å². The van der Waals surface area contributed by atoms with E-state index < -0.39 is 54.1 Å². The first-order valence-corrected chi connectivity index (χ1v) is 13.0. The lowest BCUT2D eigenvalue weighted by atomic mass is 9.84. The first-order chi connectivity index (χ1) is 16.9. The average Bonchev–Trinajstić information content (AvgIpc) is 2.78. The molecule has 1 rings (SSSR count). The zero-order chi connectivity index (χ0) is 28.7. The van der Waals surface area contributed by atoms with Crippen LogP contribution in [0.25, 0.3) is 0 Å². The zero-order valence-electron chi connectivity index (χ0n) is 23.8. The molecule has 0 unspecified atom stereocenters. The molecule has 37 heavy (non-hydrogen) atoms. The number of carbonyl (C=O) groups excluding carboxylic acids is 3. The summed E-state index contributed by atoms with van der Waals surface area (Å²) in [7, 11) is 1.25. The highest BCUT2D eigenvalue weighted by Gasteiger charge is 2.46. The summed E-state index contributed by atoms with van der Waals surface area (Å²) in [6.07, 6.45) is -5.88. The minimum atomic E-state index is -1.61. The van der Waals surface area contributed by atoms with E-state index in [0.29, 0.717) is 19.3 Å². The van der Waals surface area contributed by atoms with Crippen molar-refractivity contribution < 1.29 is 39.2 Å². The molecule has 1 heterocycles. The van der Waals surface area contributed by atoms with E-state index in [2.05, 4.69) is 16.0 Å². The minimum Gasteiger partial charge on any atom is -0.387 e. The molecule has 0 aromatic rings. The highest BCUT2D eigenvalue weighted by Crippen LogP contribution is 2.22. The van der Waals surface area contributed by atoms with E-state index in [1.807, 2.05) is 55.4 Å². The third-order valence-electron chi connectivity index (χ3n) is 6.19. The van der Waals surface area contributed by atoms with Crippen LogP contribution >= 0.6 is 0 Å². The summed E-state index contributed by atoms with van der Waals surface area (Å²) in [4.78, 5) is 38.7. The van der Waals surface area contributed by atoms with Gasteiger partial charge in [-0.2, -0.15) is 0 Å². The van der Waals surface area contributed by atoms with Crippen LogP contribution in [-0.2, 0) is 23.9 Å². The molecule has 11 nitrogen and oxygen atoms in total. The second kappa shape index (κ2) is 14.0. The SMILES string of the molecule is CO[C@@H]1O[C@H](C(=O)NCCCC[C@H](NC(=O)[C@@H](NC(C)(C)C)C(C)C)C(=O)C(C)(C)C)[C@@H](O)[C@H](O)[C@H]1O. The first-order valence-electron chi connectivity index (χ1n) is 13.0. The van der Waals surface area contributed by atoms with Crippen molar-refractivity contribution in [3.63, 3.8) is 0 Å². The molecule has 1 saturated heterocycles. The molecule has 6 N–H and O–H groups in total. The molecule has 0 bridgehead atoms. The van der Waals surface area contributed by atoms with Gasteiger partial charge in [0.1, 0.15) is 18.3 Å². The number of Topliss-reactive ketones (excluding diaryl/α,β-unsaturated/α-hetero) is 1. The van der Waals surface area contributed by atoms with Crippen molar-refractivity contribution in [2.24, 2.45) is 11.3 Å². The van der Waals surface area contributed by atoms with Crippen molar-refractivity contribution in [3.8, 4) is 0 Å². The maximum atomic E-state index is 13.1. The Bertz CT molecular complexity index is 760.